The number of nitrogen functional groups attached to an aromatic ring is 1. The number of nitro groups is 1. The number of anilines is 2. The summed E-state index contributed by atoms with van der Waals surface area (Å²) in [5.41, 5.74) is 9.56. The van der Waals surface area contributed by atoms with Crippen LogP contribution in [0.1, 0.15) is 41.6 Å². The minimum atomic E-state index is -1.15. The third kappa shape index (κ3) is 3.36. The molecule has 0 saturated heterocycles. The minimum Gasteiger partial charge on any atom is -0.478 e. The van der Waals surface area contributed by atoms with Gasteiger partial charge in [-0.2, -0.15) is 0 Å². The van der Waals surface area contributed by atoms with Crippen molar-refractivity contribution in [3.8, 4) is 0 Å². The van der Waals surface area contributed by atoms with Crippen molar-refractivity contribution in [1.29, 1.82) is 0 Å². The number of pyridine rings is 1. The van der Waals surface area contributed by atoms with Gasteiger partial charge in [0.2, 0.25) is 0 Å². The lowest BCUT2D eigenvalue weighted by molar-refractivity contribution is -0.384. The summed E-state index contributed by atoms with van der Waals surface area (Å²) < 4.78 is -0.985. The van der Waals surface area contributed by atoms with E-state index in [9.17, 15) is 20.0 Å². The van der Waals surface area contributed by atoms with Gasteiger partial charge in [-0.05, 0) is 25.3 Å². The van der Waals surface area contributed by atoms with Crippen molar-refractivity contribution < 1.29 is 14.8 Å². The van der Waals surface area contributed by atoms with Crippen LogP contribution in [0.5, 0.6) is 0 Å². The maximum Gasteiger partial charge on any atom is 0.334 e. The van der Waals surface area contributed by atoms with Crippen LogP contribution in [0.3, 0.4) is 0 Å². The summed E-state index contributed by atoms with van der Waals surface area (Å²) in [7, 11) is 0. The molecule has 0 saturated carbocycles. The van der Waals surface area contributed by atoms with Crippen LogP contribution in [-0.2, 0) is 17.6 Å². The zero-order chi connectivity index (χ0) is 21.8. The lowest BCUT2D eigenvalue weighted by Crippen LogP contribution is -2.30. The number of non-ortho nitro benzene ring substituents is 1. The van der Waals surface area contributed by atoms with E-state index in [1.54, 1.807) is 13.0 Å². The fraction of sp³-hybridized carbons (Fsp3) is 0.300. The molecule has 2 heterocycles. The maximum atomic E-state index is 12.1. The zero-order valence-electron chi connectivity index (χ0n) is 15.9. The normalized spacial score (nSPS) is 19.5. The average molecular weight is 449 g/mol. The van der Waals surface area contributed by atoms with Gasteiger partial charge in [0.15, 0.2) is 0 Å². The Morgan fingerprint density at radius 2 is 2.17 bits per heavy atom. The molecule has 0 bridgehead atoms. The second-order valence-corrected chi connectivity index (χ2v) is 9.14. The molecule has 1 aromatic carbocycles. The first kappa shape index (κ1) is 20.4. The van der Waals surface area contributed by atoms with Crippen molar-refractivity contribution in [2.45, 2.75) is 36.4 Å². The number of hydrogen-bond acceptors (Lipinski definition) is 6. The maximum absolute atomic E-state index is 12.1. The van der Waals surface area contributed by atoms with Gasteiger partial charge in [-0.15, -0.1) is 23.2 Å². The number of nitrogens with zero attached hydrogens (tertiary/aromatic N) is 2. The zero-order valence-corrected chi connectivity index (χ0v) is 17.4. The number of halogens is 2. The van der Waals surface area contributed by atoms with Crippen molar-refractivity contribution >= 4 is 46.4 Å². The molecule has 4 N–H and O–H groups in total. The largest absolute Gasteiger partial charge is 0.478 e. The Morgan fingerprint density at radius 1 is 1.43 bits per heavy atom. The lowest BCUT2D eigenvalue weighted by atomic mass is 9.79. The van der Waals surface area contributed by atoms with E-state index in [-0.39, 0.29) is 17.7 Å². The highest BCUT2D eigenvalue weighted by molar-refractivity contribution is 6.48. The van der Waals surface area contributed by atoms with Crippen LogP contribution in [0, 0.1) is 10.1 Å². The molecular weight excluding hydrogens is 431 g/mol. The Kier molecular flexibility index (Phi) is 4.86. The number of hydrogen-bond donors (Lipinski definition) is 3. The quantitative estimate of drug-likeness (QED) is 0.364. The number of nitrogens with two attached hydrogens (primary N) is 1. The van der Waals surface area contributed by atoms with E-state index in [2.05, 4.69) is 10.3 Å². The van der Waals surface area contributed by atoms with Gasteiger partial charge in [0.25, 0.3) is 5.69 Å². The number of benzene rings is 1. The number of nitro benzene ring substituents is 1. The first-order valence-corrected chi connectivity index (χ1v) is 9.99. The molecule has 30 heavy (non-hydrogen) atoms. The van der Waals surface area contributed by atoms with Gasteiger partial charge in [-0.25, -0.2) is 9.78 Å². The Bertz CT molecular complexity index is 1130. The number of fused-ring (bicyclic) bond motifs is 2. The van der Waals surface area contributed by atoms with E-state index in [4.69, 9.17) is 28.9 Å². The van der Waals surface area contributed by atoms with Crippen molar-refractivity contribution in [1.82, 2.24) is 4.98 Å². The molecule has 1 aliphatic carbocycles. The number of alkyl halides is 2. The highest BCUT2D eigenvalue weighted by Gasteiger charge is 2.39. The highest BCUT2D eigenvalue weighted by atomic mass is 35.5. The van der Waals surface area contributed by atoms with Crippen molar-refractivity contribution in [3.63, 3.8) is 0 Å². The number of aryl methyl sites for hydroxylation is 1. The summed E-state index contributed by atoms with van der Waals surface area (Å²) in [6.45, 7) is 1.64. The van der Waals surface area contributed by atoms with E-state index in [1.165, 1.54) is 18.2 Å². The second kappa shape index (κ2) is 7.14. The van der Waals surface area contributed by atoms with Crippen molar-refractivity contribution in [2.24, 2.45) is 0 Å². The van der Waals surface area contributed by atoms with Crippen LogP contribution in [0.15, 0.2) is 35.5 Å². The summed E-state index contributed by atoms with van der Waals surface area (Å²) in [5.74, 6) is -1.54. The molecule has 1 atom stereocenters. The van der Waals surface area contributed by atoms with Gasteiger partial charge in [-0.1, -0.05) is 12.1 Å². The van der Waals surface area contributed by atoms with Gasteiger partial charge in [0.1, 0.15) is 10.2 Å². The molecule has 156 valence electrons. The minimum absolute atomic E-state index is 0.0512. The molecule has 1 aromatic heterocycles. The smallest absolute Gasteiger partial charge is 0.334 e. The van der Waals surface area contributed by atoms with Gasteiger partial charge < -0.3 is 16.2 Å². The second-order valence-electron chi connectivity index (χ2n) is 7.50. The Balaban J connectivity index is 1.98. The van der Waals surface area contributed by atoms with Gasteiger partial charge >= 0.3 is 5.97 Å². The summed E-state index contributed by atoms with van der Waals surface area (Å²) in [4.78, 5) is 27.6. The molecule has 0 fully saturated rings. The fourth-order valence-electron chi connectivity index (χ4n) is 4.19. The number of rotatable bonds is 3. The topological polar surface area (TPSA) is 131 Å². The molecular formula is C20H18Cl2N4O4. The molecule has 0 radical (unpaired) electrons. The third-order valence-corrected chi connectivity index (χ3v) is 6.21. The number of aromatic nitrogens is 1. The lowest BCUT2D eigenvalue weighted by Gasteiger charge is -2.34. The van der Waals surface area contributed by atoms with E-state index in [0.29, 0.717) is 46.7 Å². The van der Waals surface area contributed by atoms with Crippen LogP contribution in [0.25, 0.3) is 0 Å². The first-order chi connectivity index (χ1) is 14.1. The number of carbonyl (C=O) groups is 1. The monoisotopic (exact) mass is 448 g/mol. The molecule has 1 aliphatic heterocycles. The number of allylic oxidation sites excluding steroid dienone is 1. The van der Waals surface area contributed by atoms with E-state index >= 15 is 0 Å². The van der Waals surface area contributed by atoms with E-state index in [1.807, 2.05) is 0 Å². The van der Waals surface area contributed by atoms with Gasteiger partial charge in [0.05, 0.1) is 10.5 Å². The van der Waals surface area contributed by atoms with E-state index in [0.717, 1.165) is 5.69 Å². The predicted octanol–water partition coefficient (Wildman–Crippen LogP) is 4.15. The predicted molar refractivity (Wildman–Crippen MR) is 114 cm³/mol. The molecule has 4 rings (SSSR count). The fourth-order valence-corrected chi connectivity index (χ4v) is 4.65. The molecule has 0 spiro atoms. The van der Waals surface area contributed by atoms with E-state index < -0.39 is 21.1 Å². The summed E-state index contributed by atoms with van der Waals surface area (Å²) in [6.07, 6.45) is 1.35. The van der Waals surface area contributed by atoms with Crippen molar-refractivity contribution in [2.75, 3.05) is 11.1 Å². The number of aliphatic carboxylic acids is 1. The summed E-state index contributed by atoms with van der Waals surface area (Å²) >= 11 is 12.7. The molecule has 0 amide bonds. The van der Waals surface area contributed by atoms with Crippen LogP contribution in [-0.4, -0.2) is 25.3 Å². The third-order valence-electron chi connectivity index (χ3n) is 5.56. The molecule has 2 aliphatic rings. The van der Waals surface area contributed by atoms with Crippen molar-refractivity contribution in [3.05, 3.63) is 68.0 Å². The molecule has 1 unspecified atom stereocenters. The Morgan fingerprint density at radius 3 is 2.83 bits per heavy atom. The van der Waals surface area contributed by atoms with Crippen LogP contribution >= 0.6 is 23.2 Å². The Labute approximate surface area is 181 Å². The standard InChI is InChI=1S/C20H18Cl2N4O4/c1-9-14(19(27)28)15(10-3-2-4-11(7-10)26(29)30)16-17(23)12-8-20(21,22)6-5-13(12)25-18(16)24-9/h2-4,7,15H,5-6,8H2,1H3,(H,27,28)(H3,23,24,25). The number of carboxylic acid groups (broad SMARTS) is 1. The molecule has 10 heteroatoms. The molecule has 8 nitrogen and oxygen atoms in total. The number of carboxylic acids is 1. The summed E-state index contributed by atoms with van der Waals surface area (Å²) in [6, 6.07) is 5.89. The van der Waals surface area contributed by atoms with Gasteiger partial charge in [-0.3, -0.25) is 10.1 Å². The molecule has 2 aromatic rings. The first-order valence-electron chi connectivity index (χ1n) is 9.23. The summed E-state index contributed by atoms with van der Waals surface area (Å²) in [5, 5.41) is 24.3. The SMILES string of the molecule is CC1=C(C(=O)O)C(c2cccc([N+](=O)[O-])c2)c2c(nc3c(c2N)CC(Cl)(Cl)CC3)N1. The average Bonchev–Trinajstić information content (AvgIpc) is 2.67. The Hall–Kier alpha value is -2.84. The highest BCUT2D eigenvalue weighted by Crippen LogP contribution is 2.48. The number of nitrogens with one attached hydrogen (secondary N) is 1. The van der Waals surface area contributed by atoms with Crippen LogP contribution in [0.2, 0.25) is 0 Å². The van der Waals surface area contributed by atoms with Crippen LogP contribution < -0.4 is 11.1 Å². The van der Waals surface area contributed by atoms with Gasteiger partial charge in [0, 0.05) is 52.7 Å². The van der Waals surface area contributed by atoms with Crippen LogP contribution in [0.4, 0.5) is 17.2 Å².